The summed E-state index contributed by atoms with van der Waals surface area (Å²) in [7, 11) is 0. The van der Waals surface area contributed by atoms with Crippen LogP contribution < -0.4 is 16.0 Å². The smallest absolute Gasteiger partial charge is 0.328 e. The molecular formula is C23H22ClN3O5. The predicted octanol–water partition coefficient (Wildman–Crippen LogP) is 4.01. The number of carboxylic acid groups (broad SMARTS) is 1. The van der Waals surface area contributed by atoms with E-state index in [1.165, 1.54) is 6.92 Å². The number of anilines is 2. The van der Waals surface area contributed by atoms with Crippen LogP contribution in [0.4, 0.5) is 16.2 Å². The number of nitrogens with one attached hydrogen (secondary N) is 3. The molecule has 8 nitrogen and oxygen atoms in total. The molecule has 9 heteroatoms. The monoisotopic (exact) mass is 455 g/mol. The van der Waals surface area contributed by atoms with Crippen molar-refractivity contribution in [3.8, 4) is 0 Å². The SMILES string of the molecule is Cc1cccc(Cl)c1NC(=O)Nc1cc2ccccc2cc1C(=O)N[C@H](C(=O)O)C(C)O. The maximum Gasteiger partial charge on any atom is 0.328 e. The van der Waals surface area contributed by atoms with E-state index in [-0.39, 0.29) is 11.3 Å². The minimum Gasteiger partial charge on any atom is -0.480 e. The Morgan fingerprint density at radius 3 is 2.22 bits per heavy atom. The number of aliphatic carboxylic acids is 1. The molecule has 166 valence electrons. The number of carboxylic acids is 1. The van der Waals surface area contributed by atoms with Crippen LogP contribution in [0.15, 0.2) is 54.6 Å². The van der Waals surface area contributed by atoms with Crippen LogP contribution in [0.1, 0.15) is 22.8 Å². The van der Waals surface area contributed by atoms with Crippen molar-refractivity contribution in [1.82, 2.24) is 5.32 Å². The molecule has 1 unspecified atom stereocenters. The molecule has 0 bridgehead atoms. The van der Waals surface area contributed by atoms with Gasteiger partial charge in [-0.15, -0.1) is 0 Å². The van der Waals surface area contributed by atoms with Gasteiger partial charge in [-0.2, -0.15) is 0 Å². The van der Waals surface area contributed by atoms with Crippen LogP contribution in [-0.2, 0) is 4.79 Å². The van der Waals surface area contributed by atoms with Crippen molar-refractivity contribution in [2.45, 2.75) is 26.0 Å². The van der Waals surface area contributed by atoms with Gasteiger partial charge in [-0.05, 0) is 48.4 Å². The Hall–Kier alpha value is -3.62. The first-order valence-corrected chi connectivity index (χ1v) is 10.1. The summed E-state index contributed by atoms with van der Waals surface area (Å²) in [5, 5.41) is 28.4. The van der Waals surface area contributed by atoms with Crippen LogP contribution in [0.25, 0.3) is 10.8 Å². The van der Waals surface area contributed by atoms with Crippen LogP contribution in [0.5, 0.6) is 0 Å². The zero-order chi connectivity index (χ0) is 23.4. The Morgan fingerprint density at radius 1 is 0.969 bits per heavy atom. The molecule has 0 aliphatic heterocycles. The number of aliphatic hydroxyl groups excluding tert-OH is 1. The number of carbonyl (C=O) groups is 3. The minimum atomic E-state index is -1.51. The number of halogens is 1. The van der Waals surface area contributed by atoms with E-state index < -0.39 is 30.1 Å². The molecule has 3 amide bonds. The Morgan fingerprint density at radius 2 is 1.62 bits per heavy atom. The first-order chi connectivity index (χ1) is 15.2. The van der Waals surface area contributed by atoms with Gasteiger partial charge in [-0.1, -0.05) is 48.0 Å². The van der Waals surface area contributed by atoms with E-state index in [2.05, 4.69) is 16.0 Å². The standard InChI is InChI=1S/C23H22ClN3O5/c1-12-6-5-9-17(24)19(12)27-23(32)25-18-11-15-8-4-3-7-14(15)10-16(18)21(29)26-20(13(2)28)22(30)31/h3-11,13,20,28H,1-2H3,(H,26,29)(H,30,31)(H2,25,27,32)/t13?,20-/m0/s1. The number of rotatable bonds is 6. The molecule has 0 saturated carbocycles. The summed E-state index contributed by atoms with van der Waals surface area (Å²) in [6, 6.07) is 13.4. The molecular weight excluding hydrogens is 434 g/mol. The minimum absolute atomic E-state index is 0.0432. The van der Waals surface area contributed by atoms with Crippen LogP contribution in [-0.4, -0.2) is 40.3 Å². The van der Waals surface area contributed by atoms with Crippen molar-refractivity contribution >= 4 is 51.7 Å². The number of carbonyl (C=O) groups excluding carboxylic acids is 2. The average molecular weight is 456 g/mol. The third-order valence-electron chi connectivity index (χ3n) is 4.87. The fourth-order valence-corrected chi connectivity index (χ4v) is 3.47. The Balaban J connectivity index is 1.95. The number of aliphatic hydroxyl groups is 1. The summed E-state index contributed by atoms with van der Waals surface area (Å²) in [6.45, 7) is 3.05. The molecule has 0 aliphatic carbocycles. The molecule has 0 aromatic heterocycles. The van der Waals surface area contributed by atoms with Crippen LogP contribution in [0, 0.1) is 6.92 Å². The Bertz CT molecular complexity index is 1180. The topological polar surface area (TPSA) is 128 Å². The fraction of sp³-hybridized carbons (Fsp3) is 0.174. The molecule has 3 aromatic rings. The van der Waals surface area contributed by atoms with Gasteiger partial charge in [0.15, 0.2) is 6.04 Å². The van der Waals surface area contributed by atoms with E-state index in [4.69, 9.17) is 11.6 Å². The van der Waals surface area contributed by atoms with Gasteiger partial charge in [0.2, 0.25) is 0 Å². The lowest BCUT2D eigenvalue weighted by atomic mass is 10.0. The third-order valence-corrected chi connectivity index (χ3v) is 5.19. The van der Waals surface area contributed by atoms with E-state index in [0.717, 1.165) is 16.3 Å². The number of fused-ring (bicyclic) bond motifs is 1. The van der Waals surface area contributed by atoms with Crippen molar-refractivity contribution in [2.24, 2.45) is 0 Å². The van der Waals surface area contributed by atoms with Crippen molar-refractivity contribution in [2.75, 3.05) is 10.6 Å². The van der Waals surface area contributed by atoms with Gasteiger partial charge in [-0.3, -0.25) is 4.79 Å². The first kappa shape index (κ1) is 23.1. The van der Waals surface area contributed by atoms with Crippen molar-refractivity contribution in [3.05, 3.63) is 70.7 Å². The number of urea groups is 1. The number of aryl methyl sites for hydroxylation is 1. The van der Waals surface area contributed by atoms with Crippen molar-refractivity contribution < 1.29 is 24.6 Å². The fourth-order valence-electron chi connectivity index (χ4n) is 3.20. The molecule has 0 radical (unpaired) electrons. The second-order valence-electron chi connectivity index (χ2n) is 7.29. The van der Waals surface area contributed by atoms with E-state index in [1.54, 1.807) is 49.4 Å². The second-order valence-corrected chi connectivity index (χ2v) is 7.69. The highest BCUT2D eigenvalue weighted by Gasteiger charge is 2.27. The van der Waals surface area contributed by atoms with E-state index >= 15 is 0 Å². The highest BCUT2D eigenvalue weighted by Crippen LogP contribution is 2.27. The van der Waals surface area contributed by atoms with Gasteiger partial charge in [-0.25, -0.2) is 9.59 Å². The molecule has 3 aromatic carbocycles. The molecule has 0 spiro atoms. The molecule has 5 N–H and O–H groups in total. The lowest BCUT2D eigenvalue weighted by Gasteiger charge is -2.19. The number of para-hydroxylation sites is 1. The number of amides is 3. The quantitative estimate of drug-likeness (QED) is 0.383. The van der Waals surface area contributed by atoms with E-state index in [0.29, 0.717) is 10.7 Å². The summed E-state index contributed by atoms with van der Waals surface area (Å²) in [5.74, 6) is -2.14. The third kappa shape index (κ3) is 5.16. The maximum atomic E-state index is 12.9. The lowest BCUT2D eigenvalue weighted by Crippen LogP contribution is -2.47. The van der Waals surface area contributed by atoms with Gasteiger partial charge in [0.05, 0.1) is 28.1 Å². The Kier molecular flexibility index (Phi) is 6.97. The Labute approximate surface area is 189 Å². The molecule has 2 atom stereocenters. The largest absolute Gasteiger partial charge is 0.480 e. The molecule has 0 fully saturated rings. The summed E-state index contributed by atoms with van der Waals surface area (Å²) >= 11 is 6.17. The molecule has 3 rings (SSSR count). The normalized spacial score (nSPS) is 12.6. The summed E-state index contributed by atoms with van der Waals surface area (Å²) in [5.41, 5.74) is 1.39. The summed E-state index contributed by atoms with van der Waals surface area (Å²) in [6.07, 6.45) is -1.32. The second kappa shape index (κ2) is 9.67. The molecule has 0 aliphatic rings. The van der Waals surface area contributed by atoms with Crippen molar-refractivity contribution in [1.29, 1.82) is 0 Å². The zero-order valence-electron chi connectivity index (χ0n) is 17.3. The zero-order valence-corrected chi connectivity index (χ0v) is 18.1. The predicted molar refractivity (Wildman–Crippen MR) is 123 cm³/mol. The van der Waals surface area contributed by atoms with Crippen LogP contribution >= 0.6 is 11.6 Å². The van der Waals surface area contributed by atoms with Gasteiger partial charge in [0.25, 0.3) is 5.91 Å². The van der Waals surface area contributed by atoms with E-state index in [9.17, 15) is 24.6 Å². The summed E-state index contributed by atoms with van der Waals surface area (Å²) < 4.78 is 0. The highest BCUT2D eigenvalue weighted by atomic mass is 35.5. The van der Waals surface area contributed by atoms with Crippen LogP contribution in [0.3, 0.4) is 0 Å². The highest BCUT2D eigenvalue weighted by molar-refractivity contribution is 6.34. The lowest BCUT2D eigenvalue weighted by molar-refractivity contribution is -0.141. The maximum absolute atomic E-state index is 12.9. The molecule has 0 heterocycles. The van der Waals surface area contributed by atoms with Gasteiger partial charge in [0.1, 0.15) is 0 Å². The van der Waals surface area contributed by atoms with Gasteiger partial charge < -0.3 is 26.2 Å². The number of hydrogen-bond donors (Lipinski definition) is 5. The summed E-state index contributed by atoms with van der Waals surface area (Å²) in [4.78, 5) is 37.0. The molecule has 0 saturated heterocycles. The van der Waals surface area contributed by atoms with Crippen molar-refractivity contribution in [3.63, 3.8) is 0 Å². The van der Waals surface area contributed by atoms with E-state index in [1.807, 2.05) is 12.1 Å². The van der Waals surface area contributed by atoms with Crippen LogP contribution in [0.2, 0.25) is 5.02 Å². The average Bonchev–Trinajstić information content (AvgIpc) is 2.73. The first-order valence-electron chi connectivity index (χ1n) is 9.75. The number of benzene rings is 3. The van der Waals surface area contributed by atoms with Gasteiger partial charge >= 0.3 is 12.0 Å². The van der Waals surface area contributed by atoms with Gasteiger partial charge in [0, 0.05) is 0 Å². The molecule has 32 heavy (non-hydrogen) atoms. The number of hydrogen-bond acceptors (Lipinski definition) is 4.